The highest BCUT2D eigenvalue weighted by molar-refractivity contribution is 6.02. The zero-order chi connectivity index (χ0) is 25.4. The van der Waals surface area contributed by atoms with E-state index in [0.29, 0.717) is 41.6 Å². The first kappa shape index (κ1) is 23.3. The van der Waals surface area contributed by atoms with Crippen molar-refractivity contribution in [2.24, 2.45) is 12.5 Å². The number of aryl methyl sites for hydroxylation is 1. The second-order valence-corrected chi connectivity index (χ2v) is 9.52. The molecule has 12 heteroatoms. The smallest absolute Gasteiger partial charge is 0.210 e. The van der Waals surface area contributed by atoms with Crippen molar-refractivity contribution in [1.82, 2.24) is 34.4 Å². The Morgan fingerprint density at radius 3 is 2.78 bits per heavy atom. The summed E-state index contributed by atoms with van der Waals surface area (Å²) in [5.74, 6) is 1.26. The quantitative estimate of drug-likeness (QED) is 0.276. The molecular formula is C24H26N10O2. The van der Waals surface area contributed by atoms with E-state index in [1.165, 1.54) is 6.20 Å². The number of pyridine rings is 1. The number of rotatable bonds is 6. The lowest BCUT2D eigenvalue weighted by Gasteiger charge is -2.34. The monoisotopic (exact) mass is 486 g/mol. The van der Waals surface area contributed by atoms with Crippen LogP contribution in [-0.4, -0.2) is 54.2 Å². The minimum absolute atomic E-state index is 0.153. The van der Waals surface area contributed by atoms with E-state index >= 15 is 0 Å². The molecule has 3 N–H and O–H groups in total. The summed E-state index contributed by atoms with van der Waals surface area (Å²) in [7, 11) is 1.76. The Balaban J connectivity index is 1.45. The van der Waals surface area contributed by atoms with Crippen LogP contribution in [0.1, 0.15) is 26.3 Å². The number of nitrogens with zero attached hydrogens (tertiary/aromatic N) is 7. The summed E-state index contributed by atoms with van der Waals surface area (Å²) in [4.78, 5) is 13.0. The van der Waals surface area contributed by atoms with Gasteiger partial charge in [0.05, 0.1) is 37.8 Å². The van der Waals surface area contributed by atoms with Crippen molar-refractivity contribution in [3.8, 4) is 17.6 Å². The van der Waals surface area contributed by atoms with Crippen LogP contribution in [0.2, 0.25) is 0 Å². The molecule has 0 atom stereocenters. The van der Waals surface area contributed by atoms with E-state index in [4.69, 9.17) is 14.9 Å². The molecule has 0 unspecified atom stereocenters. The Labute approximate surface area is 207 Å². The van der Waals surface area contributed by atoms with Crippen LogP contribution in [0.3, 0.4) is 0 Å². The molecule has 4 aromatic heterocycles. The molecule has 1 aliphatic heterocycles. The van der Waals surface area contributed by atoms with Gasteiger partial charge in [0.15, 0.2) is 17.1 Å². The van der Waals surface area contributed by atoms with Crippen LogP contribution in [0.5, 0.6) is 11.5 Å². The fraction of sp³-hybridized carbons (Fsp3) is 0.333. The third-order valence-electron chi connectivity index (χ3n) is 5.83. The lowest BCUT2D eigenvalue weighted by molar-refractivity contribution is -0.00280. The van der Waals surface area contributed by atoms with Gasteiger partial charge in [0.1, 0.15) is 28.5 Å². The lowest BCUT2D eigenvalue weighted by atomic mass is 9.90. The van der Waals surface area contributed by atoms with Crippen molar-refractivity contribution in [1.29, 1.82) is 10.7 Å². The maximum atomic E-state index is 9.97. The van der Waals surface area contributed by atoms with Gasteiger partial charge >= 0.3 is 0 Å². The number of nitrogens with one attached hydrogen (secondary N) is 3. The average Bonchev–Trinajstić information content (AvgIpc) is 3.35. The molecule has 12 nitrogen and oxygen atoms in total. The zero-order valence-electron chi connectivity index (χ0n) is 20.4. The van der Waals surface area contributed by atoms with Crippen molar-refractivity contribution in [3.63, 3.8) is 0 Å². The Kier molecular flexibility index (Phi) is 5.77. The van der Waals surface area contributed by atoms with E-state index < -0.39 is 0 Å². The van der Waals surface area contributed by atoms with Crippen LogP contribution in [0.25, 0.3) is 16.7 Å². The van der Waals surface area contributed by atoms with Gasteiger partial charge in [0.2, 0.25) is 5.95 Å². The average molecular weight is 487 g/mol. The second kappa shape index (κ2) is 8.94. The van der Waals surface area contributed by atoms with Gasteiger partial charge in [-0.1, -0.05) is 20.8 Å². The molecule has 4 aromatic rings. The van der Waals surface area contributed by atoms with E-state index in [2.05, 4.69) is 57.5 Å². The molecule has 1 saturated heterocycles. The van der Waals surface area contributed by atoms with Crippen LogP contribution in [0, 0.1) is 22.2 Å². The number of hydrogen-bond donors (Lipinski definition) is 3. The minimum Gasteiger partial charge on any atom is -0.450 e. The van der Waals surface area contributed by atoms with Crippen molar-refractivity contribution >= 4 is 28.5 Å². The predicted octanol–water partition coefficient (Wildman–Crippen LogP) is 2.98. The highest BCUT2D eigenvalue weighted by atomic mass is 16.5. The normalized spacial score (nSPS) is 14.5. The van der Waals surface area contributed by atoms with Gasteiger partial charge < -0.3 is 24.7 Å². The predicted molar refractivity (Wildman–Crippen MR) is 133 cm³/mol. The number of anilines is 1. The van der Waals surface area contributed by atoms with E-state index in [1.54, 1.807) is 47.0 Å². The molecule has 0 aromatic carbocycles. The molecule has 0 radical (unpaired) electrons. The first-order valence-electron chi connectivity index (χ1n) is 11.4. The van der Waals surface area contributed by atoms with E-state index in [1.807, 2.05) is 0 Å². The molecule has 5 rings (SSSR count). The molecule has 0 saturated carbocycles. The number of nitriles is 1. The molecular weight excluding hydrogens is 460 g/mol. The number of allylic oxidation sites excluding steroid dienone is 1. The number of imidazole rings is 1. The van der Waals surface area contributed by atoms with E-state index in [9.17, 15) is 5.26 Å². The standard InChI is InChI=1S/C24H26N10O2/c1-24(2,3)19(30-14-12-35-13-14)7-20(26)31-23-32-22-21(33(23)4)15(8-25)17(10-28-22)36-18-11-29-34-6-5-27-9-16(18)34/h5-7,9-11,14,30H,12-13H2,1-4H3,(H2,26,28,31,32)/b19-7-. The van der Waals surface area contributed by atoms with Gasteiger partial charge in [-0.25, -0.2) is 9.50 Å². The number of hydrogen-bond acceptors (Lipinski definition) is 9. The zero-order valence-corrected chi connectivity index (χ0v) is 20.4. The maximum absolute atomic E-state index is 9.97. The van der Waals surface area contributed by atoms with Gasteiger partial charge in [-0.3, -0.25) is 10.4 Å². The Hall–Kier alpha value is -4.50. The van der Waals surface area contributed by atoms with Crippen molar-refractivity contribution in [2.75, 3.05) is 18.5 Å². The highest BCUT2D eigenvalue weighted by Crippen LogP contribution is 2.32. The molecule has 0 spiro atoms. The van der Waals surface area contributed by atoms with Gasteiger partial charge in [-0.15, -0.1) is 0 Å². The third-order valence-corrected chi connectivity index (χ3v) is 5.83. The van der Waals surface area contributed by atoms with Crippen LogP contribution < -0.4 is 15.4 Å². The van der Waals surface area contributed by atoms with Gasteiger partial charge in [0.25, 0.3) is 0 Å². The fourth-order valence-electron chi connectivity index (χ4n) is 3.78. The number of fused-ring (bicyclic) bond motifs is 2. The number of aromatic nitrogens is 6. The first-order valence-corrected chi connectivity index (χ1v) is 11.4. The minimum atomic E-state index is -0.189. The summed E-state index contributed by atoms with van der Waals surface area (Å²) in [6.07, 6.45) is 9.73. The van der Waals surface area contributed by atoms with Crippen molar-refractivity contribution < 1.29 is 9.47 Å². The summed E-state index contributed by atoms with van der Waals surface area (Å²) >= 11 is 0. The lowest BCUT2D eigenvalue weighted by Crippen LogP contribution is -2.47. The summed E-state index contributed by atoms with van der Waals surface area (Å²) in [5, 5.41) is 29.2. The fourth-order valence-corrected chi connectivity index (χ4v) is 3.78. The summed E-state index contributed by atoms with van der Waals surface area (Å²) in [6.45, 7) is 7.55. The third kappa shape index (κ3) is 4.32. The van der Waals surface area contributed by atoms with Crippen molar-refractivity contribution in [2.45, 2.75) is 26.8 Å². The molecule has 1 fully saturated rings. The molecule has 1 aliphatic rings. The Morgan fingerprint density at radius 2 is 2.08 bits per heavy atom. The number of amidine groups is 1. The molecule has 0 amide bonds. The van der Waals surface area contributed by atoms with Gasteiger partial charge in [-0.05, 0) is 6.08 Å². The summed E-state index contributed by atoms with van der Waals surface area (Å²) in [5.41, 5.74) is 2.51. The second-order valence-electron chi connectivity index (χ2n) is 9.52. The summed E-state index contributed by atoms with van der Waals surface area (Å²) < 4.78 is 14.6. The van der Waals surface area contributed by atoms with Crippen LogP contribution in [0.15, 0.2) is 42.8 Å². The molecule has 36 heavy (non-hydrogen) atoms. The van der Waals surface area contributed by atoms with E-state index in [0.717, 1.165) is 5.70 Å². The first-order chi connectivity index (χ1) is 17.2. The van der Waals surface area contributed by atoms with Crippen LogP contribution >= 0.6 is 0 Å². The van der Waals surface area contributed by atoms with E-state index in [-0.39, 0.29) is 28.6 Å². The van der Waals surface area contributed by atoms with Gasteiger partial charge in [-0.2, -0.15) is 15.3 Å². The molecule has 184 valence electrons. The van der Waals surface area contributed by atoms with Crippen LogP contribution in [0.4, 0.5) is 5.95 Å². The number of ether oxygens (including phenoxy) is 2. The SMILES string of the molecule is Cn1c(NC(=N)/C=C(\NC2COC2)C(C)(C)C)nc2ncc(Oc3cnn4ccncc34)c(C#N)c21. The molecule has 5 heterocycles. The van der Waals surface area contributed by atoms with Crippen molar-refractivity contribution in [3.05, 3.63) is 48.3 Å². The Bertz CT molecular complexity index is 1530. The van der Waals surface area contributed by atoms with Crippen LogP contribution in [-0.2, 0) is 11.8 Å². The van der Waals surface area contributed by atoms with Gasteiger partial charge in [0, 0.05) is 30.6 Å². The molecule has 0 aliphatic carbocycles. The largest absolute Gasteiger partial charge is 0.450 e. The summed E-state index contributed by atoms with van der Waals surface area (Å²) in [6, 6.07) is 2.45. The maximum Gasteiger partial charge on any atom is 0.210 e. The topological polar surface area (TPSA) is 151 Å². The molecule has 0 bridgehead atoms. The highest BCUT2D eigenvalue weighted by Gasteiger charge is 2.25. The Morgan fingerprint density at radius 1 is 1.28 bits per heavy atom.